The Kier molecular flexibility index (Phi) is 10.0. The predicted octanol–water partition coefficient (Wildman–Crippen LogP) is 4.71. The van der Waals surface area contributed by atoms with E-state index in [0.717, 1.165) is 22.5 Å². The Hall–Kier alpha value is -2.29. The number of anilines is 1. The molecule has 0 aliphatic carbocycles. The van der Waals surface area contributed by atoms with E-state index in [1.807, 2.05) is 26.8 Å². The van der Waals surface area contributed by atoms with E-state index in [1.54, 1.807) is 44.2 Å². The van der Waals surface area contributed by atoms with E-state index in [0.29, 0.717) is 26.9 Å². The van der Waals surface area contributed by atoms with E-state index in [1.165, 1.54) is 4.90 Å². The van der Waals surface area contributed by atoms with Crippen molar-refractivity contribution in [1.82, 2.24) is 10.2 Å². The minimum atomic E-state index is -3.81. The summed E-state index contributed by atoms with van der Waals surface area (Å²) in [5.74, 6) is -0.910. The smallest absolute Gasteiger partial charge is 0.244 e. The number of carbonyl (C=O) groups is 2. The lowest BCUT2D eigenvalue weighted by Gasteiger charge is -2.32. The van der Waals surface area contributed by atoms with Crippen LogP contribution < -0.4 is 9.62 Å². The van der Waals surface area contributed by atoms with Gasteiger partial charge in [0.2, 0.25) is 21.8 Å². The highest BCUT2D eigenvalue weighted by atomic mass is 35.5. The van der Waals surface area contributed by atoms with Gasteiger partial charge in [-0.05, 0) is 63.4 Å². The molecule has 7 nitrogen and oxygen atoms in total. The standard InChI is InChI=1S/C25H33Cl2N3O4S/c1-7-18(4)28-25(32)19(5)29(14-20-21(26)9-8-10-22(20)27)24(31)15-30(35(6,33)34)23-13-16(2)11-12-17(23)3/h8-13,18-19H,7,14-15H2,1-6H3,(H,28,32)/t18-,19-/m0/s1. The maximum atomic E-state index is 13.7. The normalized spacial score (nSPS) is 13.1. The second-order valence-electron chi connectivity index (χ2n) is 8.78. The van der Waals surface area contributed by atoms with Crippen molar-refractivity contribution < 1.29 is 18.0 Å². The van der Waals surface area contributed by atoms with Gasteiger partial charge in [-0.3, -0.25) is 13.9 Å². The number of sulfonamides is 1. The molecule has 0 fully saturated rings. The number of hydrogen-bond acceptors (Lipinski definition) is 4. The zero-order valence-corrected chi connectivity index (χ0v) is 23.3. The van der Waals surface area contributed by atoms with E-state index in [4.69, 9.17) is 23.2 Å². The van der Waals surface area contributed by atoms with E-state index >= 15 is 0 Å². The Morgan fingerprint density at radius 1 is 1.06 bits per heavy atom. The summed E-state index contributed by atoms with van der Waals surface area (Å²) >= 11 is 12.7. The fraction of sp³-hybridized carbons (Fsp3) is 0.440. The number of nitrogens with one attached hydrogen (secondary N) is 1. The lowest BCUT2D eigenvalue weighted by Crippen LogP contribution is -2.52. The molecule has 2 aromatic rings. The number of amides is 2. The number of nitrogens with zero attached hydrogens (tertiary/aromatic N) is 2. The fourth-order valence-corrected chi connectivity index (χ4v) is 4.90. The highest BCUT2D eigenvalue weighted by Gasteiger charge is 2.31. The van der Waals surface area contributed by atoms with E-state index < -0.39 is 28.5 Å². The quantitative estimate of drug-likeness (QED) is 0.471. The zero-order chi connectivity index (χ0) is 26.5. The number of aryl methyl sites for hydroxylation is 2. The van der Waals surface area contributed by atoms with Gasteiger partial charge in [-0.15, -0.1) is 0 Å². The van der Waals surface area contributed by atoms with Crippen molar-refractivity contribution in [1.29, 1.82) is 0 Å². The molecule has 2 atom stereocenters. The minimum Gasteiger partial charge on any atom is -0.352 e. The Morgan fingerprint density at radius 2 is 1.66 bits per heavy atom. The van der Waals surface area contributed by atoms with Crippen molar-refractivity contribution in [3.8, 4) is 0 Å². The number of benzene rings is 2. The van der Waals surface area contributed by atoms with Gasteiger partial charge in [0.15, 0.2) is 0 Å². The molecule has 0 unspecified atom stereocenters. The monoisotopic (exact) mass is 541 g/mol. The third-order valence-corrected chi connectivity index (χ3v) is 7.71. The Bertz CT molecular complexity index is 1170. The van der Waals surface area contributed by atoms with Gasteiger partial charge in [0, 0.05) is 28.2 Å². The maximum absolute atomic E-state index is 13.7. The van der Waals surface area contributed by atoms with Crippen LogP contribution in [0.5, 0.6) is 0 Å². The van der Waals surface area contributed by atoms with E-state index in [-0.39, 0.29) is 18.5 Å². The molecule has 0 spiro atoms. The molecule has 0 saturated carbocycles. The molecule has 2 amide bonds. The average Bonchev–Trinajstić information content (AvgIpc) is 2.77. The molecular weight excluding hydrogens is 509 g/mol. The van der Waals surface area contributed by atoms with Crippen molar-refractivity contribution in [3.63, 3.8) is 0 Å². The van der Waals surface area contributed by atoms with Gasteiger partial charge in [0.25, 0.3) is 0 Å². The van der Waals surface area contributed by atoms with Gasteiger partial charge in [-0.25, -0.2) is 8.42 Å². The Balaban J connectivity index is 2.49. The number of halogens is 2. The lowest BCUT2D eigenvalue weighted by atomic mass is 10.1. The molecule has 0 aromatic heterocycles. The molecule has 0 saturated heterocycles. The first-order valence-electron chi connectivity index (χ1n) is 11.3. The molecule has 0 radical (unpaired) electrons. The molecular formula is C25H33Cl2N3O4S. The molecule has 2 aromatic carbocycles. The second kappa shape index (κ2) is 12.1. The predicted molar refractivity (Wildman–Crippen MR) is 142 cm³/mol. The molecule has 35 heavy (non-hydrogen) atoms. The van der Waals surface area contributed by atoms with Crippen LogP contribution in [0.4, 0.5) is 5.69 Å². The van der Waals surface area contributed by atoms with Crippen molar-refractivity contribution in [2.75, 3.05) is 17.1 Å². The van der Waals surface area contributed by atoms with Gasteiger partial charge < -0.3 is 10.2 Å². The highest BCUT2D eigenvalue weighted by molar-refractivity contribution is 7.92. The van der Waals surface area contributed by atoms with Gasteiger partial charge in [-0.2, -0.15) is 0 Å². The van der Waals surface area contributed by atoms with Crippen molar-refractivity contribution in [2.24, 2.45) is 0 Å². The van der Waals surface area contributed by atoms with Crippen LogP contribution in [0.1, 0.15) is 43.9 Å². The molecule has 0 aliphatic heterocycles. The lowest BCUT2D eigenvalue weighted by molar-refractivity contribution is -0.139. The number of rotatable bonds is 10. The topological polar surface area (TPSA) is 86.8 Å². The Morgan fingerprint density at radius 3 is 2.20 bits per heavy atom. The summed E-state index contributed by atoms with van der Waals surface area (Å²) in [4.78, 5) is 27.9. The molecule has 0 heterocycles. The molecule has 0 aliphatic rings. The summed E-state index contributed by atoms with van der Waals surface area (Å²) in [5, 5.41) is 3.57. The first-order chi connectivity index (χ1) is 16.3. The first-order valence-corrected chi connectivity index (χ1v) is 13.9. The molecule has 10 heteroatoms. The summed E-state index contributed by atoms with van der Waals surface area (Å²) in [6, 6.07) is 9.38. The Labute approximate surface area is 218 Å². The average molecular weight is 543 g/mol. The van der Waals surface area contributed by atoms with Crippen molar-refractivity contribution in [3.05, 3.63) is 63.1 Å². The van der Waals surface area contributed by atoms with Crippen LogP contribution >= 0.6 is 23.2 Å². The van der Waals surface area contributed by atoms with Crippen LogP contribution in [-0.4, -0.2) is 50.0 Å². The first kappa shape index (κ1) is 28.9. The largest absolute Gasteiger partial charge is 0.352 e. The number of hydrogen-bond donors (Lipinski definition) is 1. The maximum Gasteiger partial charge on any atom is 0.244 e. The fourth-order valence-electron chi connectivity index (χ4n) is 3.48. The summed E-state index contributed by atoms with van der Waals surface area (Å²) in [6.45, 7) is 8.50. The third kappa shape index (κ3) is 7.59. The molecule has 1 N–H and O–H groups in total. The molecule has 192 valence electrons. The van der Waals surface area contributed by atoms with Crippen LogP contribution in [0.3, 0.4) is 0 Å². The van der Waals surface area contributed by atoms with Crippen molar-refractivity contribution >= 4 is 50.7 Å². The number of carbonyl (C=O) groups excluding carboxylic acids is 2. The van der Waals surface area contributed by atoms with Crippen LogP contribution in [0.15, 0.2) is 36.4 Å². The van der Waals surface area contributed by atoms with Crippen LogP contribution in [0.25, 0.3) is 0 Å². The molecule has 2 rings (SSSR count). The van der Waals surface area contributed by atoms with Crippen LogP contribution in [-0.2, 0) is 26.2 Å². The SMILES string of the molecule is CC[C@H](C)NC(=O)[C@H](C)N(Cc1c(Cl)cccc1Cl)C(=O)CN(c1cc(C)ccc1C)S(C)(=O)=O. The van der Waals surface area contributed by atoms with Gasteiger partial charge in [-0.1, -0.05) is 48.3 Å². The zero-order valence-electron chi connectivity index (χ0n) is 20.9. The van der Waals surface area contributed by atoms with Crippen molar-refractivity contribution in [2.45, 2.75) is 59.7 Å². The van der Waals surface area contributed by atoms with Gasteiger partial charge in [0.1, 0.15) is 12.6 Å². The van der Waals surface area contributed by atoms with Gasteiger partial charge >= 0.3 is 0 Å². The highest BCUT2D eigenvalue weighted by Crippen LogP contribution is 2.28. The summed E-state index contributed by atoms with van der Waals surface area (Å²) in [6.07, 6.45) is 1.77. The minimum absolute atomic E-state index is 0.0587. The van der Waals surface area contributed by atoms with E-state index in [2.05, 4.69) is 5.32 Å². The summed E-state index contributed by atoms with van der Waals surface area (Å²) in [5.41, 5.74) is 2.45. The van der Waals surface area contributed by atoms with Gasteiger partial charge in [0.05, 0.1) is 11.9 Å². The summed E-state index contributed by atoms with van der Waals surface area (Å²) < 4.78 is 26.6. The summed E-state index contributed by atoms with van der Waals surface area (Å²) in [7, 11) is -3.81. The second-order valence-corrected chi connectivity index (χ2v) is 11.5. The third-order valence-electron chi connectivity index (χ3n) is 5.87. The van der Waals surface area contributed by atoms with Crippen LogP contribution in [0, 0.1) is 13.8 Å². The molecule has 0 bridgehead atoms. The van der Waals surface area contributed by atoms with E-state index in [9.17, 15) is 18.0 Å². The van der Waals surface area contributed by atoms with Crippen LogP contribution in [0.2, 0.25) is 10.0 Å².